The van der Waals surface area contributed by atoms with Crippen molar-refractivity contribution in [2.75, 3.05) is 22.5 Å². The smallest absolute Gasteiger partial charge is 0.226 e. The van der Waals surface area contributed by atoms with Crippen molar-refractivity contribution in [2.24, 2.45) is 0 Å². The minimum absolute atomic E-state index is 0.110. The lowest BCUT2D eigenvalue weighted by Crippen LogP contribution is -2.16. The Morgan fingerprint density at radius 1 is 1.00 bits per heavy atom. The Balaban J connectivity index is 1.82. The Morgan fingerprint density at radius 2 is 1.71 bits per heavy atom. The minimum Gasteiger partial charge on any atom is -0.384 e. The molecule has 0 bridgehead atoms. The quantitative estimate of drug-likeness (QED) is 0.739. The third-order valence-corrected chi connectivity index (χ3v) is 3.73. The second-order valence-electron chi connectivity index (χ2n) is 5.45. The lowest BCUT2D eigenvalue weighted by Gasteiger charge is -2.10. The van der Waals surface area contributed by atoms with Crippen molar-refractivity contribution in [3.63, 3.8) is 0 Å². The van der Waals surface area contributed by atoms with Gasteiger partial charge in [-0.1, -0.05) is 23.7 Å². The summed E-state index contributed by atoms with van der Waals surface area (Å²) in [7, 11) is 0. The van der Waals surface area contributed by atoms with Crippen LogP contribution in [-0.2, 0) is 9.59 Å². The molecule has 0 saturated heterocycles. The molecule has 2 aromatic carbocycles. The predicted octanol–water partition coefficient (Wildman–Crippen LogP) is 4.05. The molecule has 2 aromatic rings. The normalized spacial score (nSPS) is 10.1. The Kier molecular flexibility index (Phi) is 6.21. The first kappa shape index (κ1) is 17.8. The molecule has 0 spiro atoms. The molecule has 24 heavy (non-hydrogen) atoms. The average Bonchev–Trinajstić information content (AvgIpc) is 2.50. The molecule has 5 nitrogen and oxygen atoms in total. The SMILES string of the molecule is CC(=O)Nc1cccc(NC(=O)CCNc2ccc(C)c(Cl)c2)c1. The Morgan fingerprint density at radius 3 is 2.38 bits per heavy atom. The third kappa shape index (κ3) is 5.59. The number of halogens is 1. The number of anilines is 3. The molecule has 0 aliphatic rings. The monoisotopic (exact) mass is 345 g/mol. The molecule has 0 aliphatic heterocycles. The first-order valence-corrected chi connectivity index (χ1v) is 7.99. The van der Waals surface area contributed by atoms with E-state index >= 15 is 0 Å². The van der Waals surface area contributed by atoms with Crippen LogP contribution in [0.4, 0.5) is 17.1 Å². The predicted molar refractivity (Wildman–Crippen MR) is 98.7 cm³/mol. The van der Waals surface area contributed by atoms with Crippen LogP contribution >= 0.6 is 11.6 Å². The van der Waals surface area contributed by atoms with Gasteiger partial charge in [-0.15, -0.1) is 0 Å². The van der Waals surface area contributed by atoms with Gasteiger partial charge < -0.3 is 16.0 Å². The van der Waals surface area contributed by atoms with Gasteiger partial charge in [0.25, 0.3) is 0 Å². The highest BCUT2D eigenvalue weighted by Gasteiger charge is 2.04. The van der Waals surface area contributed by atoms with Crippen LogP contribution in [-0.4, -0.2) is 18.4 Å². The van der Waals surface area contributed by atoms with Gasteiger partial charge in [0.2, 0.25) is 11.8 Å². The average molecular weight is 346 g/mol. The molecule has 0 fully saturated rings. The van der Waals surface area contributed by atoms with Gasteiger partial charge in [0, 0.05) is 42.0 Å². The fourth-order valence-electron chi connectivity index (χ4n) is 2.12. The lowest BCUT2D eigenvalue weighted by atomic mass is 10.2. The molecule has 6 heteroatoms. The molecule has 0 heterocycles. The molecule has 0 radical (unpaired) electrons. The minimum atomic E-state index is -0.153. The van der Waals surface area contributed by atoms with Gasteiger partial charge in [-0.2, -0.15) is 0 Å². The summed E-state index contributed by atoms with van der Waals surface area (Å²) >= 11 is 6.06. The van der Waals surface area contributed by atoms with E-state index < -0.39 is 0 Å². The zero-order valence-corrected chi connectivity index (χ0v) is 14.4. The van der Waals surface area contributed by atoms with E-state index in [1.807, 2.05) is 25.1 Å². The van der Waals surface area contributed by atoms with Crippen LogP contribution in [0.5, 0.6) is 0 Å². The number of nitrogens with one attached hydrogen (secondary N) is 3. The largest absolute Gasteiger partial charge is 0.384 e. The molecular weight excluding hydrogens is 326 g/mol. The molecule has 3 N–H and O–H groups in total. The van der Waals surface area contributed by atoms with Gasteiger partial charge in [0.1, 0.15) is 0 Å². The van der Waals surface area contributed by atoms with Crippen molar-refractivity contribution < 1.29 is 9.59 Å². The van der Waals surface area contributed by atoms with Gasteiger partial charge in [0.05, 0.1) is 0 Å². The van der Waals surface area contributed by atoms with E-state index in [1.165, 1.54) is 6.92 Å². The van der Waals surface area contributed by atoms with Crippen LogP contribution in [0.25, 0.3) is 0 Å². The van der Waals surface area contributed by atoms with Crippen molar-refractivity contribution >= 4 is 40.5 Å². The zero-order valence-electron chi connectivity index (χ0n) is 13.7. The summed E-state index contributed by atoms with van der Waals surface area (Å²) in [5, 5.41) is 9.34. The van der Waals surface area contributed by atoms with Crippen LogP contribution in [0, 0.1) is 6.92 Å². The summed E-state index contributed by atoms with van der Waals surface area (Å²) in [6, 6.07) is 12.7. The van der Waals surface area contributed by atoms with Crippen LogP contribution in [0.2, 0.25) is 5.02 Å². The molecule has 0 unspecified atom stereocenters. The summed E-state index contributed by atoms with van der Waals surface area (Å²) in [6.45, 7) is 3.87. The maximum atomic E-state index is 12.0. The number of rotatable bonds is 6. The second-order valence-corrected chi connectivity index (χ2v) is 5.86. The first-order chi connectivity index (χ1) is 11.4. The van der Waals surface area contributed by atoms with Crippen LogP contribution in [0.15, 0.2) is 42.5 Å². The second kappa shape index (κ2) is 8.36. The molecule has 0 aliphatic carbocycles. The number of benzene rings is 2. The summed E-state index contributed by atoms with van der Waals surface area (Å²) in [4.78, 5) is 23.0. The Labute approximate surface area is 146 Å². The van der Waals surface area contributed by atoms with Crippen LogP contribution < -0.4 is 16.0 Å². The topological polar surface area (TPSA) is 70.2 Å². The molecule has 0 aromatic heterocycles. The van der Waals surface area contributed by atoms with Crippen LogP contribution in [0.1, 0.15) is 18.9 Å². The van der Waals surface area contributed by atoms with E-state index in [2.05, 4.69) is 16.0 Å². The molecule has 0 atom stereocenters. The Hall–Kier alpha value is -2.53. The molecule has 2 rings (SSSR count). The lowest BCUT2D eigenvalue weighted by molar-refractivity contribution is -0.116. The van der Waals surface area contributed by atoms with E-state index in [0.717, 1.165) is 11.3 Å². The van der Waals surface area contributed by atoms with Crippen molar-refractivity contribution in [1.82, 2.24) is 0 Å². The highest BCUT2D eigenvalue weighted by Crippen LogP contribution is 2.20. The standard InChI is InChI=1S/C18H20ClN3O2/c1-12-6-7-14(11-17(12)19)20-9-8-18(24)22-16-5-3-4-15(10-16)21-13(2)23/h3-7,10-11,20H,8-9H2,1-2H3,(H,21,23)(H,22,24). The summed E-state index contributed by atoms with van der Waals surface area (Å²) < 4.78 is 0. The van der Waals surface area contributed by atoms with Gasteiger partial charge >= 0.3 is 0 Å². The molecule has 2 amide bonds. The molecular formula is C18H20ClN3O2. The summed E-state index contributed by atoms with van der Waals surface area (Å²) in [6.07, 6.45) is 0.315. The van der Waals surface area contributed by atoms with Crippen molar-refractivity contribution in [2.45, 2.75) is 20.3 Å². The van der Waals surface area contributed by atoms with Gasteiger partial charge in [0.15, 0.2) is 0 Å². The summed E-state index contributed by atoms with van der Waals surface area (Å²) in [5.41, 5.74) is 3.18. The van der Waals surface area contributed by atoms with Gasteiger partial charge in [-0.3, -0.25) is 9.59 Å². The fraction of sp³-hybridized carbons (Fsp3) is 0.222. The maximum Gasteiger partial charge on any atom is 0.226 e. The number of hydrogen-bond acceptors (Lipinski definition) is 3. The number of carbonyl (C=O) groups is 2. The highest BCUT2D eigenvalue weighted by atomic mass is 35.5. The van der Waals surface area contributed by atoms with Crippen LogP contribution in [0.3, 0.4) is 0 Å². The molecule has 126 valence electrons. The number of hydrogen-bond donors (Lipinski definition) is 3. The zero-order chi connectivity index (χ0) is 17.5. The highest BCUT2D eigenvalue weighted by molar-refractivity contribution is 6.31. The Bertz CT molecular complexity index is 747. The molecule has 0 saturated carbocycles. The number of aryl methyl sites for hydroxylation is 1. The summed E-state index contributed by atoms with van der Waals surface area (Å²) in [5.74, 6) is -0.264. The maximum absolute atomic E-state index is 12.0. The van der Waals surface area contributed by atoms with Gasteiger partial charge in [-0.05, 0) is 42.8 Å². The van der Waals surface area contributed by atoms with Crippen molar-refractivity contribution in [3.05, 3.63) is 53.1 Å². The van der Waals surface area contributed by atoms with E-state index in [1.54, 1.807) is 24.3 Å². The van der Waals surface area contributed by atoms with E-state index in [0.29, 0.717) is 29.4 Å². The number of amides is 2. The van der Waals surface area contributed by atoms with Gasteiger partial charge in [-0.25, -0.2) is 0 Å². The first-order valence-electron chi connectivity index (χ1n) is 7.61. The van der Waals surface area contributed by atoms with Crippen molar-refractivity contribution in [1.29, 1.82) is 0 Å². The fourth-order valence-corrected chi connectivity index (χ4v) is 2.31. The number of carbonyl (C=O) groups excluding carboxylic acids is 2. The van der Waals surface area contributed by atoms with Crippen molar-refractivity contribution in [3.8, 4) is 0 Å². The third-order valence-electron chi connectivity index (χ3n) is 3.32. The van der Waals surface area contributed by atoms with E-state index in [9.17, 15) is 9.59 Å². The van der Waals surface area contributed by atoms with E-state index in [4.69, 9.17) is 11.6 Å². The van der Waals surface area contributed by atoms with E-state index in [-0.39, 0.29) is 11.8 Å².